The van der Waals surface area contributed by atoms with Gasteiger partial charge in [-0.3, -0.25) is 4.79 Å². The molecule has 3 fully saturated rings. The lowest BCUT2D eigenvalue weighted by Gasteiger charge is -2.22. The van der Waals surface area contributed by atoms with Gasteiger partial charge in [0.25, 0.3) is 0 Å². The van der Waals surface area contributed by atoms with E-state index in [9.17, 15) is 14.0 Å². The Bertz CT molecular complexity index is 741. The number of carbonyl (C=O) groups is 2. The number of urea groups is 1. The second-order valence-electron chi connectivity index (χ2n) is 7.74. The maximum atomic E-state index is 14.3. The number of halogens is 1. The van der Waals surface area contributed by atoms with Crippen molar-refractivity contribution in [3.8, 4) is 0 Å². The smallest absolute Gasteiger partial charge is 0.315 e. The Morgan fingerprint density at radius 2 is 2.07 bits per heavy atom. The fourth-order valence-corrected chi connectivity index (χ4v) is 5.88. The van der Waals surface area contributed by atoms with E-state index in [1.807, 2.05) is 17.8 Å². The number of nitrogens with one attached hydrogen (secondary N) is 3. The zero-order valence-electron chi connectivity index (χ0n) is 15.9. The minimum atomic E-state index is -0.379. The van der Waals surface area contributed by atoms with Crippen molar-refractivity contribution in [1.82, 2.24) is 10.6 Å². The summed E-state index contributed by atoms with van der Waals surface area (Å²) in [5.74, 6) is 0.426. The Balaban J connectivity index is 1.25. The second-order valence-corrected chi connectivity index (χ2v) is 9.02. The molecule has 3 amide bonds. The number of amides is 3. The van der Waals surface area contributed by atoms with Gasteiger partial charge in [-0.05, 0) is 37.8 Å². The van der Waals surface area contributed by atoms with E-state index in [1.54, 1.807) is 6.07 Å². The average Bonchev–Trinajstić information content (AvgIpc) is 3.39. The van der Waals surface area contributed by atoms with Crippen molar-refractivity contribution in [2.45, 2.75) is 55.9 Å². The highest BCUT2D eigenvalue weighted by molar-refractivity contribution is 8.00. The molecule has 3 heterocycles. The standard InChI is InChI=1S/C20H27FN4O2S/c21-13-6-5-7-15(25-10-3-4-11-25)18(13)23-17(26)9-2-1-8-16-19-14(12-28-16)22-20(27)24-19/h5-7,14,16,19H,1-4,8-12H2,(H,23,26)(H2,22,24,27)/t14-,16-,19-/m0/s1. The van der Waals surface area contributed by atoms with Gasteiger partial charge in [0.2, 0.25) is 5.91 Å². The van der Waals surface area contributed by atoms with E-state index in [1.165, 1.54) is 6.07 Å². The molecule has 0 aliphatic carbocycles. The van der Waals surface area contributed by atoms with Crippen LogP contribution in [-0.4, -0.2) is 48.1 Å². The molecule has 3 aliphatic rings. The highest BCUT2D eigenvalue weighted by Crippen LogP contribution is 2.34. The molecule has 4 rings (SSSR count). The number of anilines is 2. The SMILES string of the molecule is O=C(CCCC[C@@H]1SC[C@@H]2NC(=O)N[C@@H]21)Nc1c(F)cccc1N1CCCC1. The first-order valence-electron chi connectivity index (χ1n) is 10.1. The summed E-state index contributed by atoms with van der Waals surface area (Å²) >= 11 is 1.88. The normalized spacial score (nSPS) is 26.1. The molecule has 0 radical (unpaired) electrons. The Morgan fingerprint density at radius 3 is 2.89 bits per heavy atom. The molecule has 0 saturated carbocycles. The number of hydrogen-bond acceptors (Lipinski definition) is 4. The van der Waals surface area contributed by atoms with Crippen LogP contribution in [-0.2, 0) is 4.79 Å². The topological polar surface area (TPSA) is 73.5 Å². The van der Waals surface area contributed by atoms with E-state index in [-0.39, 0.29) is 29.8 Å². The monoisotopic (exact) mass is 406 g/mol. The molecule has 28 heavy (non-hydrogen) atoms. The lowest BCUT2D eigenvalue weighted by atomic mass is 10.0. The third-order valence-corrected chi connectivity index (χ3v) is 7.29. The number of rotatable bonds is 7. The third kappa shape index (κ3) is 4.21. The summed E-state index contributed by atoms with van der Waals surface area (Å²) in [5.41, 5.74) is 1.09. The van der Waals surface area contributed by atoms with E-state index in [2.05, 4.69) is 20.9 Å². The van der Waals surface area contributed by atoms with Gasteiger partial charge in [0, 0.05) is 30.5 Å². The first kappa shape index (κ1) is 19.4. The van der Waals surface area contributed by atoms with E-state index in [0.717, 1.165) is 56.6 Å². The highest BCUT2D eigenvalue weighted by atomic mass is 32.2. The predicted molar refractivity (Wildman–Crippen MR) is 110 cm³/mol. The van der Waals surface area contributed by atoms with Crippen molar-refractivity contribution in [2.24, 2.45) is 0 Å². The fraction of sp³-hybridized carbons (Fsp3) is 0.600. The van der Waals surface area contributed by atoms with Crippen molar-refractivity contribution < 1.29 is 14.0 Å². The summed E-state index contributed by atoms with van der Waals surface area (Å²) in [5, 5.41) is 9.13. The van der Waals surface area contributed by atoms with Crippen molar-refractivity contribution in [3.63, 3.8) is 0 Å². The van der Waals surface area contributed by atoms with E-state index in [4.69, 9.17) is 0 Å². The second kappa shape index (κ2) is 8.59. The first-order chi connectivity index (χ1) is 13.6. The Labute approximate surface area is 169 Å². The molecular weight excluding hydrogens is 379 g/mol. The number of thioether (sulfide) groups is 1. The van der Waals surface area contributed by atoms with Crippen molar-refractivity contribution >= 4 is 35.1 Å². The number of benzene rings is 1. The van der Waals surface area contributed by atoms with Crippen LogP contribution in [0.2, 0.25) is 0 Å². The van der Waals surface area contributed by atoms with Gasteiger partial charge in [0.1, 0.15) is 11.5 Å². The molecule has 3 saturated heterocycles. The molecule has 8 heteroatoms. The van der Waals surface area contributed by atoms with Gasteiger partial charge >= 0.3 is 6.03 Å². The van der Waals surface area contributed by atoms with Crippen molar-refractivity contribution in [3.05, 3.63) is 24.0 Å². The summed E-state index contributed by atoms with van der Waals surface area (Å²) in [4.78, 5) is 25.9. The number of nitrogens with zero attached hydrogens (tertiary/aromatic N) is 1. The van der Waals surface area contributed by atoms with Crippen LogP contribution in [0.1, 0.15) is 38.5 Å². The van der Waals surface area contributed by atoms with Crippen LogP contribution in [0.25, 0.3) is 0 Å². The van der Waals surface area contributed by atoms with Gasteiger partial charge in [-0.25, -0.2) is 9.18 Å². The van der Waals surface area contributed by atoms with Gasteiger partial charge in [0.05, 0.1) is 17.8 Å². The minimum Gasteiger partial charge on any atom is -0.370 e. The molecule has 0 bridgehead atoms. The quantitative estimate of drug-likeness (QED) is 0.481. The summed E-state index contributed by atoms with van der Waals surface area (Å²) in [6, 6.07) is 5.33. The number of hydrogen-bond donors (Lipinski definition) is 3. The number of unbranched alkanes of at least 4 members (excludes halogenated alkanes) is 1. The van der Waals surface area contributed by atoms with E-state index < -0.39 is 0 Å². The Morgan fingerprint density at radius 1 is 1.25 bits per heavy atom. The van der Waals surface area contributed by atoms with Gasteiger partial charge in [0.15, 0.2) is 0 Å². The molecule has 6 nitrogen and oxygen atoms in total. The van der Waals surface area contributed by atoms with Crippen LogP contribution < -0.4 is 20.9 Å². The van der Waals surface area contributed by atoms with Crippen LogP contribution in [0, 0.1) is 5.82 Å². The molecule has 0 spiro atoms. The molecular formula is C20H27FN4O2S. The summed E-state index contributed by atoms with van der Waals surface area (Å²) in [6.07, 6.45) is 5.22. The third-order valence-electron chi connectivity index (χ3n) is 5.78. The zero-order chi connectivity index (χ0) is 19.5. The number of fused-ring (bicyclic) bond motifs is 1. The highest BCUT2D eigenvalue weighted by Gasteiger charge is 2.42. The molecule has 152 valence electrons. The summed E-state index contributed by atoms with van der Waals surface area (Å²) < 4.78 is 14.3. The van der Waals surface area contributed by atoms with E-state index >= 15 is 0 Å². The molecule has 1 aromatic rings. The van der Waals surface area contributed by atoms with Crippen LogP contribution in [0.15, 0.2) is 18.2 Å². The van der Waals surface area contributed by atoms with Crippen LogP contribution in [0.5, 0.6) is 0 Å². The average molecular weight is 407 g/mol. The fourth-order valence-electron chi connectivity index (χ4n) is 4.33. The summed E-state index contributed by atoms with van der Waals surface area (Å²) in [6.45, 7) is 1.80. The number of carbonyl (C=O) groups excluding carboxylic acids is 2. The minimum absolute atomic E-state index is 0.0710. The molecule has 3 N–H and O–H groups in total. The maximum absolute atomic E-state index is 14.3. The summed E-state index contributed by atoms with van der Waals surface area (Å²) in [7, 11) is 0. The molecule has 3 aliphatic heterocycles. The Hall–Kier alpha value is -1.96. The van der Waals surface area contributed by atoms with E-state index in [0.29, 0.717) is 17.4 Å². The lowest BCUT2D eigenvalue weighted by Crippen LogP contribution is -2.36. The van der Waals surface area contributed by atoms with Gasteiger partial charge in [-0.15, -0.1) is 0 Å². The first-order valence-corrected chi connectivity index (χ1v) is 11.2. The lowest BCUT2D eigenvalue weighted by molar-refractivity contribution is -0.116. The van der Waals surface area contributed by atoms with Crippen LogP contribution >= 0.6 is 11.8 Å². The molecule has 0 unspecified atom stereocenters. The van der Waals surface area contributed by atoms with Crippen molar-refractivity contribution in [1.29, 1.82) is 0 Å². The van der Waals surface area contributed by atoms with Gasteiger partial charge in [-0.1, -0.05) is 12.5 Å². The molecule has 3 atom stereocenters. The largest absolute Gasteiger partial charge is 0.370 e. The molecule has 1 aromatic carbocycles. The van der Waals surface area contributed by atoms with Crippen LogP contribution in [0.3, 0.4) is 0 Å². The Kier molecular flexibility index (Phi) is 5.94. The zero-order valence-corrected chi connectivity index (χ0v) is 16.7. The van der Waals surface area contributed by atoms with Crippen molar-refractivity contribution in [2.75, 3.05) is 29.1 Å². The van der Waals surface area contributed by atoms with Gasteiger partial charge < -0.3 is 20.9 Å². The maximum Gasteiger partial charge on any atom is 0.315 e. The van der Waals surface area contributed by atoms with Crippen LogP contribution in [0.4, 0.5) is 20.6 Å². The predicted octanol–water partition coefficient (Wildman–Crippen LogP) is 3.09. The van der Waals surface area contributed by atoms with Gasteiger partial charge in [-0.2, -0.15) is 11.8 Å². The molecule has 0 aromatic heterocycles. The number of para-hydroxylation sites is 1.